The van der Waals surface area contributed by atoms with Gasteiger partial charge in [0.2, 0.25) is 10.0 Å². The molecule has 0 spiro atoms. The minimum atomic E-state index is -3.51. The van der Waals surface area contributed by atoms with Crippen molar-refractivity contribution in [2.45, 2.75) is 43.7 Å². The maximum absolute atomic E-state index is 13.1. The van der Waals surface area contributed by atoms with Crippen LogP contribution < -0.4 is 0 Å². The molecular weight excluding hydrogens is 316 g/mol. The highest BCUT2D eigenvalue weighted by Crippen LogP contribution is 2.24. The fourth-order valence-corrected chi connectivity index (χ4v) is 4.61. The van der Waals surface area contributed by atoms with E-state index in [4.69, 9.17) is 4.74 Å². The van der Waals surface area contributed by atoms with Crippen molar-refractivity contribution in [3.05, 3.63) is 12.4 Å². The van der Waals surface area contributed by atoms with Gasteiger partial charge in [-0.1, -0.05) is 0 Å². The summed E-state index contributed by atoms with van der Waals surface area (Å²) in [5, 5.41) is 4.11. The highest BCUT2D eigenvalue weighted by atomic mass is 32.2. The molecule has 0 amide bonds. The Kier molecular flexibility index (Phi) is 6.58. The molecule has 0 unspecified atom stereocenters. The number of sulfonamides is 1. The molecule has 0 aromatic carbocycles. The zero-order chi connectivity index (χ0) is 16.9. The standard InChI is InChI=1S/C15H28N4O3S/c1-4-18-13-15(12-16-18)23(20,21)19(8-5-11-22-3)14-6-9-17(2)10-7-14/h12-14H,4-11H2,1-3H3. The van der Waals surface area contributed by atoms with Crippen LogP contribution in [0.15, 0.2) is 17.3 Å². The maximum atomic E-state index is 13.1. The van der Waals surface area contributed by atoms with Crippen LogP contribution in [0, 0.1) is 0 Å². The first-order valence-electron chi connectivity index (χ1n) is 8.20. The van der Waals surface area contributed by atoms with Gasteiger partial charge in [0.15, 0.2) is 0 Å². The van der Waals surface area contributed by atoms with Crippen LogP contribution >= 0.6 is 0 Å². The average Bonchev–Trinajstić information content (AvgIpc) is 3.02. The van der Waals surface area contributed by atoms with Crippen molar-refractivity contribution in [2.24, 2.45) is 0 Å². The Balaban J connectivity index is 2.20. The van der Waals surface area contributed by atoms with Gasteiger partial charge < -0.3 is 9.64 Å². The molecular formula is C15H28N4O3S. The predicted molar refractivity (Wildman–Crippen MR) is 88.8 cm³/mol. The van der Waals surface area contributed by atoms with E-state index in [0.717, 1.165) is 25.9 Å². The molecule has 0 N–H and O–H groups in total. The minimum Gasteiger partial charge on any atom is -0.385 e. The van der Waals surface area contributed by atoms with E-state index in [1.54, 1.807) is 22.3 Å². The van der Waals surface area contributed by atoms with Crippen molar-refractivity contribution < 1.29 is 13.2 Å². The number of nitrogens with zero attached hydrogens (tertiary/aromatic N) is 4. The van der Waals surface area contributed by atoms with Gasteiger partial charge in [0.05, 0.1) is 6.20 Å². The Hall–Kier alpha value is -0.960. The summed E-state index contributed by atoms with van der Waals surface area (Å²) < 4.78 is 34.5. The predicted octanol–water partition coefficient (Wildman–Crippen LogP) is 1.02. The molecule has 7 nitrogen and oxygen atoms in total. The molecule has 0 bridgehead atoms. The molecule has 8 heteroatoms. The Labute approximate surface area is 139 Å². The summed E-state index contributed by atoms with van der Waals surface area (Å²) >= 11 is 0. The van der Waals surface area contributed by atoms with Crippen LogP contribution in [0.1, 0.15) is 26.2 Å². The maximum Gasteiger partial charge on any atom is 0.246 e. The fraction of sp³-hybridized carbons (Fsp3) is 0.800. The number of piperidine rings is 1. The smallest absolute Gasteiger partial charge is 0.246 e. The molecule has 1 aliphatic rings. The molecule has 2 rings (SSSR count). The summed E-state index contributed by atoms with van der Waals surface area (Å²) in [4.78, 5) is 2.53. The van der Waals surface area contributed by atoms with Gasteiger partial charge in [-0.05, 0) is 46.3 Å². The van der Waals surface area contributed by atoms with E-state index in [0.29, 0.717) is 26.1 Å². The first-order valence-corrected chi connectivity index (χ1v) is 9.64. The Morgan fingerprint density at radius 1 is 1.39 bits per heavy atom. The number of hydrogen-bond donors (Lipinski definition) is 0. The fourth-order valence-electron chi connectivity index (χ4n) is 2.93. The third kappa shape index (κ3) is 4.53. The Morgan fingerprint density at radius 3 is 2.65 bits per heavy atom. The molecule has 1 aromatic rings. The van der Waals surface area contributed by atoms with Gasteiger partial charge in [-0.3, -0.25) is 4.68 Å². The average molecular weight is 344 g/mol. The van der Waals surface area contributed by atoms with Crippen LogP contribution in [0.5, 0.6) is 0 Å². The summed E-state index contributed by atoms with van der Waals surface area (Å²) in [6.07, 6.45) is 5.50. The molecule has 0 saturated carbocycles. The normalized spacial score (nSPS) is 17.9. The molecule has 1 fully saturated rings. The highest BCUT2D eigenvalue weighted by molar-refractivity contribution is 7.89. The summed E-state index contributed by atoms with van der Waals surface area (Å²) in [5.41, 5.74) is 0. The summed E-state index contributed by atoms with van der Waals surface area (Å²) in [7, 11) is 0.201. The topological polar surface area (TPSA) is 67.7 Å². The van der Waals surface area contributed by atoms with E-state index in [9.17, 15) is 8.42 Å². The molecule has 2 heterocycles. The number of aryl methyl sites for hydroxylation is 1. The lowest BCUT2D eigenvalue weighted by Gasteiger charge is -2.36. The molecule has 0 radical (unpaired) electrons. The Bertz CT molecular complexity index is 579. The number of methoxy groups -OCH3 is 1. The highest BCUT2D eigenvalue weighted by Gasteiger charge is 2.33. The van der Waals surface area contributed by atoms with Gasteiger partial charge in [-0.25, -0.2) is 8.42 Å². The van der Waals surface area contributed by atoms with Crippen LogP contribution in [-0.4, -0.2) is 73.8 Å². The summed E-state index contributed by atoms with van der Waals surface area (Å²) in [6.45, 7) is 5.50. The second-order valence-corrected chi connectivity index (χ2v) is 7.92. The van der Waals surface area contributed by atoms with E-state index in [1.165, 1.54) is 6.20 Å². The number of rotatable bonds is 8. The zero-order valence-electron chi connectivity index (χ0n) is 14.3. The SMILES string of the molecule is CCn1cc(S(=O)(=O)N(CCCOC)C2CCN(C)CC2)cn1. The number of ether oxygens (including phenoxy) is 1. The molecule has 0 aliphatic carbocycles. The van der Waals surface area contributed by atoms with Crippen LogP contribution in [-0.2, 0) is 21.3 Å². The van der Waals surface area contributed by atoms with E-state index >= 15 is 0 Å². The lowest BCUT2D eigenvalue weighted by molar-refractivity contribution is 0.157. The third-order valence-electron chi connectivity index (χ3n) is 4.36. The first-order chi connectivity index (χ1) is 11.0. The number of hydrogen-bond acceptors (Lipinski definition) is 5. The van der Waals surface area contributed by atoms with Crippen molar-refractivity contribution in [1.82, 2.24) is 19.0 Å². The van der Waals surface area contributed by atoms with Crippen LogP contribution in [0.4, 0.5) is 0 Å². The summed E-state index contributed by atoms with van der Waals surface area (Å²) in [5.74, 6) is 0. The van der Waals surface area contributed by atoms with Gasteiger partial charge in [0, 0.05) is 39.0 Å². The molecule has 0 atom stereocenters. The van der Waals surface area contributed by atoms with Crippen molar-refractivity contribution in [1.29, 1.82) is 0 Å². The molecule has 1 aliphatic heterocycles. The molecule has 1 saturated heterocycles. The largest absolute Gasteiger partial charge is 0.385 e. The number of likely N-dealkylation sites (tertiary alicyclic amines) is 1. The zero-order valence-corrected chi connectivity index (χ0v) is 15.1. The van der Waals surface area contributed by atoms with Crippen molar-refractivity contribution in [3.63, 3.8) is 0 Å². The van der Waals surface area contributed by atoms with E-state index in [1.807, 2.05) is 6.92 Å². The number of aromatic nitrogens is 2. The van der Waals surface area contributed by atoms with Crippen molar-refractivity contribution in [3.8, 4) is 0 Å². The first kappa shape index (κ1) is 18.4. The quantitative estimate of drug-likeness (QED) is 0.659. The van der Waals surface area contributed by atoms with E-state index < -0.39 is 10.0 Å². The van der Waals surface area contributed by atoms with Gasteiger partial charge in [0.1, 0.15) is 4.90 Å². The van der Waals surface area contributed by atoms with Gasteiger partial charge in [-0.2, -0.15) is 9.40 Å². The Morgan fingerprint density at radius 2 is 2.09 bits per heavy atom. The van der Waals surface area contributed by atoms with Crippen LogP contribution in [0.2, 0.25) is 0 Å². The monoisotopic (exact) mass is 344 g/mol. The van der Waals surface area contributed by atoms with Crippen molar-refractivity contribution >= 4 is 10.0 Å². The summed E-state index contributed by atoms with van der Waals surface area (Å²) in [6, 6.07) is 0.0537. The molecule has 1 aromatic heterocycles. The lowest BCUT2D eigenvalue weighted by atomic mass is 10.1. The van der Waals surface area contributed by atoms with E-state index in [-0.39, 0.29) is 10.9 Å². The van der Waals surface area contributed by atoms with E-state index in [2.05, 4.69) is 17.0 Å². The second-order valence-electron chi connectivity index (χ2n) is 6.03. The molecule has 132 valence electrons. The second kappa shape index (κ2) is 8.23. The van der Waals surface area contributed by atoms with Gasteiger partial charge in [0.25, 0.3) is 0 Å². The van der Waals surface area contributed by atoms with Gasteiger partial charge in [-0.15, -0.1) is 0 Å². The van der Waals surface area contributed by atoms with Gasteiger partial charge >= 0.3 is 0 Å². The van der Waals surface area contributed by atoms with Crippen LogP contribution in [0.25, 0.3) is 0 Å². The lowest BCUT2D eigenvalue weighted by Crippen LogP contribution is -2.47. The molecule has 23 heavy (non-hydrogen) atoms. The third-order valence-corrected chi connectivity index (χ3v) is 6.27. The minimum absolute atomic E-state index is 0.0537. The van der Waals surface area contributed by atoms with Crippen molar-refractivity contribution in [2.75, 3.05) is 40.4 Å². The van der Waals surface area contributed by atoms with Crippen LogP contribution in [0.3, 0.4) is 0 Å².